The first-order valence-corrected chi connectivity index (χ1v) is 4.92. The topological polar surface area (TPSA) is 85.4 Å². The Hall–Kier alpha value is -1.34. The normalized spacial score (nSPS) is 30.3. The summed E-state index contributed by atoms with van der Waals surface area (Å²) in [6, 6.07) is -0.552. The zero-order valence-corrected chi connectivity index (χ0v) is 8.55. The number of ether oxygens (including phenoxy) is 1. The molecule has 86 valence electrons. The molecule has 1 N–H and O–H groups in total. The van der Waals surface area contributed by atoms with Gasteiger partial charge in [0.1, 0.15) is 12.1 Å². The molecule has 0 saturated carbocycles. The molecule has 0 amide bonds. The summed E-state index contributed by atoms with van der Waals surface area (Å²) >= 11 is 0. The molecule has 2 aliphatic rings. The number of hydrogen-bond donors (Lipinski definition) is 1. The lowest BCUT2D eigenvalue weighted by Gasteiger charge is -2.17. The third-order valence-electron chi connectivity index (χ3n) is 2.35. The second-order valence-corrected chi connectivity index (χ2v) is 3.77. The summed E-state index contributed by atoms with van der Waals surface area (Å²) in [6.07, 6.45) is -0.419. The molecule has 0 aliphatic carbocycles. The average molecular weight is 226 g/mol. The first kappa shape index (κ1) is 11.2. The van der Waals surface area contributed by atoms with Gasteiger partial charge >= 0.3 is 7.12 Å². The van der Waals surface area contributed by atoms with Crippen LogP contribution in [0.25, 0.3) is 0 Å². The van der Waals surface area contributed by atoms with Crippen molar-refractivity contribution in [1.29, 1.82) is 0 Å². The molecule has 0 aromatic heterocycles. The lowest BCUT2D eigenvalue weighted by atomic mass is 9.81. The molecule has 0 spiro atoms. The van der Waals surface area contributed by atoms with Crippen molar-refractivity contribution >= 4 is 19.1 Å². The molecule has 2 atom stereocenters. The fraction of sp³-hybridized carbons (Fsp3) is 0.556. The van der Waals surface area contributed by atoms with E-state index in [0.29, 0.717) is 5.57 Å². The first-order valence-electron chi connectivity index (χ1n) is 4.92. The minimum Gasteiger partial charge on any atom is -0.497 e. The molecule has 16 heavy (non-hydrogen) atoms. The highest BCUT2D eigenvalue weighted by Crippen LogP contribution is 2.27. The zero-order valence-electron chi connectivity index (χ0n) is 8.55. The van der Waals surface area contributed by atoms with Gasteiger partial charge in [-0.2, -0.15) is 0 Å². The number of carbonyl (C=O) groups is 2. The van der Waals surface area contributed by atoms with Crippen molar-refractivity contribution < 1.29 is 28.7 Å². The van der Waals surface area contributed by atoms with E-state index in [2.05, 4.69) is 6.58 Å². The van der Waals surface area contributed by atoms with Crippen molar-refractivity contribution in [3.05, 3.63) is 12.2 Å². The lowest BCUT2D eigenvalue weighted by Crippen LogP contribution is -2.38. The Labute approximate surface area is 92.3 Å². The molecule has 0 aromatic carbocycles. The van der Waals surface area contributed by atoms with Gasteiger partial charge in [-0.15, -0.1) is 0 Å². The Balaban J connectivity index is 2.00. The fourth-order valence-corrected chi connectivity index (χ4v) is 1.51. The van der Waals surface area contributed by atoms with Crippen LogP contribution < -0.4 is 0 Å². The van der Waals surface area contributed by atoms with Crippen molar-refractivity contribution in [2.24, 2.45) is 0 Å². The van der Waals surface area contributed by atoms with Crippen LogP contribution in [-0.4, -0.2) is 42.9 Å². The van der Waals surface area contributed by atoms with Gasteiger partial charge in [0.15, 0.2) is 0 Å². The van der Waals surface area contributed by atoms with Gasteiger partial charge in [-0.05, 0) is 0 Å². The number of rotatable bonds is 2. The van der Waals surface area contributed by atoms with Gasteiger partial charge in [0.05, 0.1) is 19.4 Å². The Bertz CT molecular complexity index is 319. The van der Waals surface area contributed by atoms with Crippen LogP contribution in [0.4, 0.5) is 0 Å². The average Bonchev–Trinajstić information content (AvgIpc) is 2.92. The van der Waals surface area contributed by atoms with E-state index in [1.54, 1.807) is 0 Å². The van der Waals surface area contributed by atoms with Crippen LogP contribution in [0.5, 0.6) is 0 Å². The van der Waals surface area contributed by atoms with Gasteiger partial charge in [-0.25, -0.2) is 0 Å². The molecule has 0 aromatic rings. The standard InChI is InChI=1S/C9H11BO6/c1-5-2-7(12)15-10(16-8(13)3-5)9-6(4-11)14-9/h6,9,11H,1-4H2/t6-,9+/m0/s1. The summed E-state index contributed by atoms with van der Waals surface area (Å²) < 4.78 is 14.8. The highest BCUT2D eigenvalue weighted by atomic mass is 16.7. The largest absolute Gasteiger partial charge is 0.632 e. The quantitative estimate of drug-likeness (QED) is 0.377. The molecule has 2 fully saturated rings. The maximum Gasteiger partial charge on any atom is 0.632 e. The lowest BCUT2D eigenvalue weighted by molar-refractivity contribution is -0.141. The van der Waals surface area contributed by atoms with Crippen LogP contribution in [0.3, 0.4) is 0 Å². The minimum absolute atomic E-state index is 0.00209. The summed E-state index contributed by atoms with van der Waals surface area (Å²) in [6.45, 7) is 3.37. The number of epoxide rings is 1. The third kappa shape index (κ3) is 2.42. The predicted molar refractivity (Wildman–Crippen MR) is 52.1 cm³/mol. The molecular weight excluding hydrogens is 215 g/mol. The summed E-state index contributed by atoms with van der Waals surface area (Å²) in [5, 5.41) is 8.79. The SMILES string of the molecule is C=C1CC(=O)OB([C@@H]2O[C@H]2CO)OC(=O)C1. The van der Waals surface area contributed by atoms with Gasteiger partial charge < -0.3 is 19.2 Å². The Kier molecular flexibility index (Phi) is 2.98. The molecule has 6 nitrogen and oxygen atoms in total. The predicted octanol–water partition coefficient (Wildman–Crippen LogP) is -0.790. The highest BCUT2D eigenvalue weighted by molar-refractivity contribution is 6.51. The number of aliphatic hydroxyl groups is 1. The van der Waals surface area contributed by atoms with Crippen molar-refractivity contribution in [3.63, 3.8) is 0 Å². The van der Waals surface area contributed by atoms with E-state index < -0.39 is 31.2 Å². The molecule has 2 rings (SSSR count). The molecule has 7 heteroatoms. The van der Waals surface area contributed by atoms with Crippen LogP contribution in [0.15, 0.2) is 12.2 Å². The summed E-state index contributed by atoms with van der Waals surface area (Å²) in [5.41, 5.74) is 0.462. The van der Waals surface area contributed by atoms with Crippen molar-refractivity contribution in [3.8, 4) is 0 Å². The molecule has 0 unspecified atom stereocenters. The van der Waals surface area contributed by atoms with Crippen LogP contribution in [0, 0.1) is 0 Å². The fourth-order valence-electron chi connectivity index (χ4n) is 1.51. The Morgan fingerprint density at radius 1 is 1.31 bits per heavy atom. The maximum atomic E-state index is 11.3. The second-order valence-electron chi connectivity index (χ2n) is 3.77. The highest BCUT2D eigenvalue weighted by Gasteiger charge is 2.55. The number of hydrogen-bond acceptors (Lipinski definition) is 6. The first-order chi connectivity index (χ1) is 7.60. The van der Waals surface area contributed by atoms with Gasteiger partial charge in [-0.3, -0.25) is 9.59 Å². The Morgan fingerprint density at radius 2 is 1.88 bits per heavy atom. The van der Waals surface area contributed by atoms with Gasteiger partial charge in [0, 0.05) is 0 Å². The summed E-state index contributed by atoms with van der Waals surface area (Å²) in [7, 11) is -1.05. The minimum atomic E-state index is -1.05. The third-order valence-corrected chi connectivity index (χ3v) is 2.35. The van der Waals surface area contributed by atoms with E-state index in [-0.39, 0.29) is 19.4 Å². The molecule has 2 saturated heterocycles. The maximum absolute atomic E-state index is 11.3. The van der Waals surface area contributed by atoms with Crippen molar-refractivity contribution in [1.82, 2.24) is 0 Å². The number of aliphatic hydroxyl groups excluding tert-OH is 1. The van der Waals surface area contributed by atoms with Crippen LogP contribution >= 0.6 is 0 Å². The molecule has 2 heterocycles. The van der Waals surface area contributed by atoms with E-state index in [1.807, 2.05) is 0 Å². The van der Waals surface area contributed by atoms with Crippen LogP contribution in [0.2, 0.25) is 0 Å². The molecular formula is C9H11BO6. The van der Waals surface area contributed by atoms with E-state index in [0.717, 1.165) is 0 Å². The Morgan fingerprint density at radius 3 is 2.31 bits per heavy atom. The van der Waals surface area contributed by atoms with E-state index in [4.69, 9.17) is 19.2 Å². The number of carbonyl (C=O) groups excluding carboxylic acids is 2. The van der Waals surface area contributed by atoms with Gasteiger partial charge in [0.25, 0.3) is 11.9 Å². The van der Waals surface area contributed by atoms with Gasteiger partial charge in [0.2, 0.25) is 0 Å². The van der Waals surface area contributed by atoms with Crippen LogP contribution in [-0.2, 0) is 23.6 Å². The van der Waals surface area contributed by atoms with Gasteiger partial charge in [-0.1, -0.05) is 12.2 Å². The van der Waals surface area contributed by atoms with E-state index >= 15 is 0 Å². The smallest absolute Gasteiger partial charge is 0.497 e. The molecule has 0 bridgehead atoms. The van der Waals surface area contributed by atoms with Crippen molar-refractivity contribution in [2.45, 2.75) is 24.9 Å². The van der Waals surface area contributed by atoms with E-state index in [1.165, 1.54) is 0 Å². The summed E-state index contributed by atoms with van der Waals surface area (Å²) in [5.74, 6) is -1.01. The second kappa shape index (κ2) is 4.27. The van der Waals surface area contributed by atoms with Crippen molar-refractivity contribution in [2.75, 3.05) is 6.61 Å². The monoisotopic (exact) mass is 226 g/mol. The zero-order chi connectivity index (χ0) is 11.7. The summed E-state index contributed by atoms with van der Waals surface area (Å²) in [4.78, 5) is 22.6. The molecule has 2 aliphatic heterocycles. The molecule has 0 radical (unpaired) electrons. The van der Waals surface area contributed by atoms with Crippen LogP contribution in [0.1, 0.15) is 12.8 Å². The van der Waals surface area contributed by atoms with E-state index in [9.17, 15) is 9.59 Å².